The molecular weight excluding hydrogens is 320 g/mol. The Morgan fingerprint density at radius 1 is 1.40 bits per heavy atom. The maximum absolute atomic E-state index is 11.3. The van der Waals surface area contributed by atoms with Crippen LogP contribution in [0.3, 0.4) is 0 Å². The average molecular weight is 337 g/mol. The monoisotopic (exact) mass is 336 g/mol. The van der Waals surface area contributed by atoms with Gasteiger partial charge in [-0.15, -0.1) is 0 Å². The van der Waals surface area contributed by atoms with Crippen molar-refractivity contribution in [2.75, 3.05) is 12.4 Å². The Hall–Kier alpha value is -1.82. The van der Waals surface area contributed by atoms with Crippen LogP contribution in [0.25, 0.3) is 0 Å². The number of likely N-dealkylation sites (N-methyl/N-ethyl adjacent to an activating group) is 1. The third-order valence-corrected chi connectivity index (χ3v) is 3.50. The smallest absolute Gasteiger partial charge is 0.241 e. The first-order valence-electron chi connectivity index (χ1n) is 6.33. The molecule has 0 saturated heterocycles. The first kappa shape index (κ1) is 14.6. The average Bonchev–Trinajstić information content (AvgIpc) is 2.86. The Morgan fingerprint density at radius 3 is 2.75 bits per heavy atom. The van der Waals surface area contributed by atoms with Gasteiger partial charge in [-0.2, -0.15) is 5.10 Å². The molecule has 1 heterocycles. The summed E-state index contributed by atoms with van der Waals surface area (Å²) in [5, 5.41) is 10.1. The summed E-state index contributed by atoms with van der Waals surface area (Å²) in [5.41, 5.74) is 2.08. The zero-order valence-electron chi connectivity index (χ0n) is 11.4. The van der Waals surface area contributed by atoms with Crippen LogP contribution in [0.1, 0.15) is 18.5 Å². The van der Waals surface area contributed by atoms with Gasteiger partial charge in [0.05, 0.1) is 11.9 Å². The number of rotatable bonds is 5. The van der Waals surface area contributed by atoms with Crippen LogP contribution in [0.4, 0.5) is 5.69 Å². The molecule has 5 nitrogen and oxygen atoms in total. The molecule has 0 radical (unpaired) electrons. The Morgan fingerprint density at radius 2 is 2.10 bits per heavy atom. The van der Waals surface area contributed by atoms with Gasteiger partial charge in [0.2, 0.25) is 5.91 Å². The molecule has 2 N–H and O–H groups in total. The van der Waals surface area contributed by atoms with Gasteiger partial charge in [-0.1, -0.05) is 28.1 Å². The molecule has 0 spiro atoms. The van der Waals surface area contributed by atoms with Crippen LogP contribution >= 0.6 is 15.9 Å². The molecule has 1 aromatic heterocycles. The van der Waals surface area contributed by atoms with E-state index in [-0.39, 0.29) is 18.5 Å². The zero-order chi connectivity index (χ0) is 14.5. The van der Waals surface area contributed by atoms with E-state index in [1.165, 1.54) is 5.56 Å². The second-order valence-electron chi connectivity index (χ2n) is 4.52. The van der Waals surface area contributed by atoms with Crippen molar-refractivity contribution in [1.29, 1.82) is 0 Å². The van der Waals surface area contributed by atoms with E-state index in [0.717, 1.165) is 10.2 Å². The summed E-state index contributed by atoms with van der Waals surface area (Å²) in [5.74, 6) is -0.0689. The number of benzene rings is 1. The first-order valence-corrected chi connectivity index (χ1v) is 7.13. The first-order chi connectivity index (χ1) is 9.58. The molecule has 2 rings (SSSR count). The minimum atomic E-state index is -0.0689. The number of hydrogen-bond acceptors (Lipinski definition) is 3. The van der Waals surface area contributed by atoms with E-state index < -0.39 is 0 Å². The summed E-state index contributed by atoms with van der Waals surface area (Å²) in [4.78, 5) is 11.3. The lowest BCUT2D eigenvalue weighted by molar-refractivity contribution is -0.121. The molecule has 0 aliphatic carbocycles. The molecule has 1 atom stereocenters. The van der Waals surface area contributed by atoms with Crippen molar-refractivity contribution in [2.24, 2.45) is 0 Å². The highest BCUT2D eigenvalue weighted by Crippen LogP contribution is 2.20. The highest BCUT2D eigenvalue weighted by Gasteiger charge is 2.07. The number of nitrogens with zero attached hydrogens (tertiary/aromatic N) is 2. The van der Waals surface area contributed by atoms with Gasteiger partial charge in [0.15, 0.2) is 0 Å². The Balaban J connectivity index is 1.99. The van der Waals surface area contributed by atoms with E-state index in [2.05, 4.69) is 50.7 Å². The minimum absolute atomic E-state index is 0.0689. The molecule has 6 heteroatoms. The van der Waals surface area contributed by atoms with Crippen molar-refractivity contribution in [2.45, 2.75) is 19.5 Å². The van der Waals surface area contributed by atoms with E-state index in [1.54, 1.807) is 17.9 Å². The van der Waals surface area contributed by atoms with Gasteiger partial charge >= 0.3 is 0 Å². The summed E-state index contributed by atoms with van der Waals surface area (Å²) in [6.45, 7) is 2.31. The van der Waals surface area contributed by atoms with Gasteiger partial charge in [0, 0.05) is 23.8 Å². The quantitative estimate of drug-likeness (QED) is 0.882. The molecule has 0 bridgehead atoms. The Kier molecular flexibility index (Phi) is 4.79. The Labute approximate surface area is 126 Å². The van der Waals surface area contributed by atoms with E-state index in [9.17, 15) is 4.79 Å². The molecule has 1 unspecified atom stereocenters. The molecule has 0 aliphatic rings. The number of aromatic nitrogens is 2. The number of anilines is 1. The summed E-state index contributed by atoms with van der Waals surface area (Å²) in [6.07, 6.45) is 3.54. The zero-order valence-corrected chi connectivity index (χ0v) is 13.0. The fraction of sp³-hybridized carbons (Fsp3) is 0.286. The highest BCUT2D eigenvalue weighted by molar-refractivity contribution is 9.10. The lowest BCUT2D eigenvalue weighted by Crippen LogP contribution is -2.23. The summed E-state index contributed by atoms with van der Waals surface area (Å²) in [7, 11) is 1.61. The molecule has 0 aliphatic heterocycles. The molecule has 2 aromatic rings. The number of carbonyl (C=O) groups is 1. The normalized spacial score (nSPS) is 11.9. The van der Waals surface area contributed by atoms with Crippen molar-refractivity contribution in [3.63, 3.8) is 0 Å². The van der Waals surface area contributed by atoms with Crippen molar-refractivity contribution in [3.8, 4) is 0 Å². The summed E-state index contributed by atoms with van der Waals surface area (Å²) in [6, 6.07) is 8.33. The van der Waals surface area contributed by atoms with Crippen molar-refractivity contribution in [3.05, 3.63) is 46.7 Å². The van der Waals surface area contributed by atoms with E-state index in [1.807, 2.05) is 18.3 Å². The Bertz CT molecular complexity index is 579. The second kappa shape index (κ2) is 6.56. The molecular formula is C14H17BrN4O. The molecule has 0 saturated carbocycles. The van der Waals surface area contributed by atoms with Gasteiger partial charge in [-0.05, 0) is 24.6 Å². The van der Waals surface area contributed by atoms with Crippen LogP contribution < -0.4 is 10.6 Å². The largest absolute Gasteiger partial charge is 0.376 e. The summed E-state index contributed by atoms with van der Waals surface area (Å²) < 4.78 is 2.67. The van der Waals surface area contributed by atoms with Crippen LogP contribution in [-0.4, -0.2) is 22.7 Å². The van der Waals surface area contributed by atoms with E-state index >= 15 is 0 Å². The van der Waals surface area contributed by atoms with E-state index in [4.69, 9.17) is 0 Å². The maximum Gasteiger partial charge on any atom is 0.241 e. The minimum Gasteiger partial charge on any atom is -0.376 e. The predicted octanol–water partition coefficient (Wildman–Crippen LogP) is 2.56. The molecule has 1 aromatic carbocycles. The van der Waals surface area contributed by atoms with Crippen LogP contribution in [0.15, 0.2) is 41.1 Å². The number of carbonyl (C=O) groups excluding carboxylic acids is 1. The molecule has 0 fully saturated rings. The standard InChI is InChI=1S/C14H17BrN4O/c1-10(11-3-5-12(15)6-4-11)18-13-7-17-19(8-13)9-14(20)16-2/h3-8,10,18H,9H2,1-2H3,(H,16,20). The third-order valence-electron chi connectivity index (χ3n) is 2.97. The van der Waals surface area contributed by atoms with Gasteiger partial charge in [-0.3, -0.25) is 9.48 Å². The second-order valence-corrected chi connectivity index (χ2v) is 5.43. The van der Waals surface area contributed by atoms with Gasteiger partial charge < -0.3 is 10.6 Å². The number of halogens is 1. The lowest BCUT2D eigenvalue weighted by Gasteiger charge is -2.14. The number of hydrogen-bond donors (Lipinski definition) is 2. The van der Waals surface area contributed by atoms with Crippen molar-refractivity contribution in [1.82, 2.24) is 15.1 Å². The van der Waals surface area contributed by atoms with Gasteiger partial charge in [0.1, 0.15) is 6.54 Å². The summed E-state index contributed by atoms with van der Waals surface area (Å²) >= 11 is 3.42. The third kappa shape index (κ3) is 3.84. The van der Waals surface area contributed by atoms with Crippen LogP contribution in [0.5, 0.6) is 0 Å². The van der Waals surface area contributed by atoms with Gasteiger partial charge in [-0.25, -0.2) is 0 Å². The number of nitrogens with one attached hydrogen (secondary N) is 2. The van der Waals surface area contributed by atoms with Crippen LogP contribution in [-0.2, 0) is 11.3 Å². The predicted molar refractivity (Wildman–Crippen MR) is 82.5 cm³/mol. The maximum atomic E-state index is 11.3. The van der Waals surface area contributed by atoms with Crippen molar-refractivity contribution < 1.29 is 4.79 Å². The highest BCUT2D eigenvalue weighted by atomic mass is 79.9. The fourth-order valence-corrected chi connectivity index (χ4v) is 2.10. The molecule has 20 heavy (non-hydrogen) atoms. The SMILES string of the molecule is CNC(=O)Cn1cc(NC(C)c2ccc(Br)cc2)cn1. The topological polar surface area (TPSA) is 59.0 Å². The molecule has 1 amide bonds. The van der Waals surface area contributed by atoms with Crippen molar-refractivity contribution >= 4 is 27.5 Å². The van der Waals surface area contributed by atoms with E-state index in [0.29, 0.717) is 0 Å². The number of amides is 1. The van der Waals surface area contributed by atoms with Gasteiger partial charge in [0.25, 0.3) is 0 Å². The molecule has 106 valence electrons. The van der Waals surface area contributed by atoms with Crippen LogP contribution in [0.2, 0.25) is 0 Å². The lowest BCUT2D eigenvalue weighted by atomic mass is 10.1. The fourth-order valence-electron chi connectivity index (χ4n) is 1.84. The van der Waals surface area contributed by atoms with Crippen LogP contribution in [0, 0.1) is 0 Å².